The summed E-state index contributed by atoms with van der Waals surface area (Å²) in [6.45, 7) is 3.13. The third-order valence-electron chi connectivity index (χ3n) is 2.18. The Hall–Kier alpha value is -0.500. The highest BCUT2D eigenvalue weighted by molar-refractivity contribution is 6.17. The van der Waals surface area contributed by atoms with Crippen molar-refractivity contribution in [3.63, 3.8) is 0 Å². The molecule has 1 heterocycles. The molecule has 0 amide bonds. The molecule has 0 atom stereocenters. The number of hydrogen-bond donors (Lipinski definition) is 0. The fourth-order valence-corrected chi connectivity index (χ4v) is 1.53. The Morgan fingerprint density at radius 2 is 2.08 bits per heavy atom. The van der Waals surface area contributed by atoms with Gasteiger partial charge >= 0.3 is 0 Å². The Bertz CT molecular complexity index is 233. The minimum atomic E-state index is 0.792. The Labute approximate surface area is 84.9 Å². The second-order valence-electron chi connectivity index (χ2n) is 3.30. The van der Waals surface area contributed by atoms with E-state index in [0.29, 0.717) is 0 Å². The Kier molecular flexibility index (Phi) is 4.91. The molecule has 0 aliphatic carbocycles. The zero-order valence-electron chi connectivity index (χ0n) is 8.17. The number of aromatic nitrogens is 2. The molecule has 0 aliphatic heterocycles. The van der Waals surface area contributed by atoms with Gasteiger partial charge in [0.15, 0.2) is 0 Å². The first-order valence-corrected chi connectivity index (χ1v) is 5.42. The molecule has 0 fully saturated rings. The van der Waals surface area contributed by atoms with Crippen molar-refractivity contribution in [1.82, 2.24) is 9.78 Å². The number of nitrogens with zero attached hydrogens (tertiary/aromatic N) is 2. The molecule has 0 spiro atoms. The molecule has 0 aliphatic rings. The lowest BCUT2D eigenvalue weighted by atomic mass is 10.2. The van der Waals surface area contributed by atoms with Gasteiger partial charge in [0.25, 0.3) is 0 Å². The van der Waals surface area contributed by atoms with E-state index < -0.39 is 0 Å². The molecule has 3 heteroatoms. The van der Waals surface area contributed by atoms with Gasteiger partial charge in [-0.1, -0.05) is 12.8 Å². The molecule has 0 saturated heterocycles. The van der Waals surface area contributed by atoms with Gasteiger partial charge in [-0.05, 0) is 25.8 Å². The van der Waals surface area contributed by atoms with Gasteiger partial charge in [-0.25, -0.2) is 0 Å². The first-order valence-electron chi connectivity index (χ1n) is 4.89. The van der Waals surface area contributed by atoms with Gasteiger partial charge in [-0.2, -0.15) is 5.10 Å². The predicted molar refractivity (Wildman–Crippen MR) is 56.2 cm³/mol. The van der Waals surface area contributed by atoms with Gasteiger partial charge in [0, 0.05) is 24.3 Å². The average molecular weight is 201 g/mol. The van der Waals surface area contributed by atoms with Crippen molar-refractivity contribution >= 4 is 11.6 Å². The lowest BCUT2D eigenvalue weighted by molar-refractivity contribution is 0.532. The summed E-state index contributed by atoms with van der Waals surface area (Å²) in [5.74, 6) is 0.792. The first-order chi connectivity index (χ1) is 6.34. The van der Waals surface area contributed by atoms with Crippen LogP contribution in [0.2, 0.25) is 0 Å². The highest BCUT2D eigenvalue weighted by Gasteiger charge is 1.95. The van der Waals surface area contributed by atoms with Crippen molar-refractivity contribution in [2.75, 3.05) is 5.88 Å². The maximum absolute atomic E-state index is 5.59. The molecule has 0 radical (unpaired) electrons. The summed E-state index contributed by atoms with van der Waals surface area (Å²) in [6, 6.07) is 2.04. The van der Waals surface area contributed by atoms with Crippen LogP contribution in [0.4, 0.5) is 0 Å². The quantitative estimate of drug-likeness (QED) is 0.510. The van der Waals surface area contributed by atoms with Crippen molar-refractivity contribution in [2.24, 2.45) is 0 Å². The smallest absolute Gasteiger partial charge is 0.0492 e. The number of unbranched alkanes of at least 4 members (excludes halogenated alkanes) is 3. The SMILES string of the molecule is Cc1ccnn1CCCCCCCl. The summed E-state index contributed by atoms with van der Waals surface area (Å²) >= 11 is 5.59. The molecule has 1 rings (SSSR count). The molecule has 0 bridgehead atoms. The normalized spacial score (nSPS) is 10.6. The van der Waals surface area contributed by atoms with E-state index in [1.807, 2.05) is 12.3 Å². The maximum atomic E-state index is 5.59. The minimum absolute atomic E-state index is 0.792. The Morgan fingerprint density at radius 1 is 1.31 bits per heavy atom. The standard InChI is InChI=1S/C10H17ClN2/c1-10-6-8-12-13(10)9-5-3-2-4-7-11/h6,8H,2-5,7,9H2,1H3. The van der Waals surface area contributed by atoms with E-state index in [1.54, 1.807) is 0 Å². The number of hydrogen-bond acceptors (Lipinski definition) is 1. The van der Waals surface area contributed by atoms with Crippen LogP contribution in [0.5, 0.6) is 0 Å². The van der Waals surface area contributed by atoms with Crippen LogP contribution in [0, 0.1) is 6.92 Å². The summed E-state index contributed by atoms with van der Waals surface area (Å²) in [4.78, 5) is 0. The summed E-state index contributed by atoms with van der Waals surface area (Å²) in [6.07, 6.45) is 6.70. The second-order valence-corrected chi connectivity index (χ2v) is 3.68. The monoisotopic (exact) mass is 200 g/mol. The van der Waals surface area contributed by atoms with Gasteiger partial charge in [0.05, 0.1) is 0 Å². The van der Waals surface area contributed by atoms with E-state index >= 15 is 0 Å². The molecule has 0 aromatic carbocycles. The van der Waals surface area contributed by atoms with E-state index in [0.717, 1.165) is 18.8 Å². The Morgan fingerprint density at radius 3 is 2.69 bits per heavy atom. The number of rotatable bonds is 6. The number of alkyl halides is 1. The van der Waals surface area contributed by atoms with Gasteiger partial charge in [-0.15, -0.1) is 11.6 Å². The third-order valence-corrected chi connectivity index (χ3v) is 2.45. The van der Waals surface area contributed by atoms with E-state index in [4.69, 9.17) is 11.6 Å². The largest absolute Gasteiger partial charge is 0.270 e. The maximum Gasteiger partial charge on any atom is 0.0492 e. The van der Waals surface area contributed by atoms with Crippen LogP contribution in [-0.2, 0) is 6.54 Å². The van der Waals surface area contributed by atoms with Gasteiger partial charge in [0.1, 0.15) is 0 Å². The molecular formula is C10H17ClN2. The first kappa shape index (κ1) is 10.6. The van der Waals surface area contributed by atoms with E-state index in [1.165, 1.54) is 25.0 Å². The third kappa shape index (κ3) is 3.81. The van der Waals surface area contributed by atoms with Crippen molar-refractivity contribution in [3.8, 4) is 0 Å². The van der Waals surface area contributed by atoms with E-state index in [9.17, 15) is 0 Å². The lowest BCUT2D eigenvalue weighted by Gasteiger charge is -2.03. The Balaban J connectivity index is 2.10. The van der Waals surface area contributed by atoms with Crippen molar-refractivity contribution < 1.29 is 0 Å². The summed E-state index contributed by atoms with van der Waals surface area (Å²) in [5, 5.41) is 4.22. The van der Waals surface area contributed by atoms with Crippen molar-refractivity contribution in [2.45, 2.75) is 39.2 Å². The molecule has 0 N–H and O–H groups in total. The van der Waals surface area contributed by atoms with Gasteiger partial charge in [-0.3, -0.25) is 4.68 Å². The number of aryl methyl sites for hydroxylation is 2. The van der Waals surface area contributed by atoms with Crippen LogP contribution in [0.1, 0.15) is 31.4 Å². The molecule has 0 unspecified atom stereocenters. The molecule has 13 heavy (non-hydrogen) atoms. The van der Waals surface area contributed by atoms with Crippen LogP contribution in [0.25, 0.3) is 0 Å². The zero-order chi connectivity index (χ0) is 9.52. The zero-order valence-corrected chi connectivity index (χ0v) is 8.93. The fraction of sp³-hybridized carbons (Fsp3) is 0.700. The average Bonchev–Trinajstić information content (AvgIpc) is 2.52. The lowest BCUT2D eigenvalue weighted by Crippen LogP contribution is -2.01. The second kappa shape index (κ2) is 6.03. The topological polar surface area (TPSA) is 17.8 Å². The summed E-state index contributed by atoms with van der Waals surface area (Å²) in [7, 11) is 0. The van der Waals surface area contributed by atoms with Crippen LogP contribution in [0.3, 0.4) is 0 Å². The van der Waals surface area contributed by atoms with Crippen LogP contribution >= 0.6 is 11.6 Å². The highest BCUT2D eigenvalue weighted by atomic mass is 35.5. The minimum Gasteiger partial charge on any atom is -0.270 e. The fourth-order valence-electron chi connectivity index (χ4n) is 1.34. The summed E-state index contributed by atoms with van der Waals surface area (Å²) < 4.78 is 2.06. The van der Waals surface area contributed by atoms with Crippen molar-refractivity contribution in [3.05, 3.63) is 18.0 Å². The van der Waals surface area contributed by atoms with Gasteiger partial charge < -0.3 is 0 Å². The van der Waals surface area contributed by atoms with E-state index in [2.05, 4.69) is 16.7 Å². The highest BCUT2D eigenvalue weighted by Crippen LogP contribution is 2.04. The van der Waals surface area contributed by atoms with Crippen LogP contribution in [-0.4, -0.2) is 15.7 Å². The molecule has 1 aromatic heterocycles. The molecule has 74 valence electrons. The van der Waals surface area contributed by atoms with Crippen molar-refractivity contribution in [1.29, 1.82) is 0 Å². The molecule has 0 saturated carbocycles. The summed E-state index contributed by atoms with van der Waals surface area (Å²) in [5.41, 5.74) is 1.25. The molecule has 1 aromatic rings. The van der Waals surface area contributed by atoms with Gasteiger partial charge in [0.2, 0.25) is 0 Å². The molecular weight excluding hydrogens is 184 g/mol. The molecule has 2 nitrogen and oxygen atoms in total. The predicted octanol–water partition coefficient (Wildman–Crippen LogP) is 2.99. The number of halogens is 1. The van der Waals surface area contributed by atoms with Crippen LogP contribution < -0.4 is 0 Å². The van der Waals surface area contributed by atoms with E-state index in [-0.39, 0.29) is 0 Å². The van der Waals surface area contributed by atoms with Crippen LogP contribution in [0.15, 0.2) is 12.3 Å².